The van der Waals surface area contributed by atoms with Crippen LogP contribution < -0.4 is 4.74 Å². The zero-order valence-corrected chi connectivity index (χ0v) is 13.4. The maximum absolute atomic E-state index is 12.2. The van der Waals surface area contributed by atoms with Crippen molar-refractivity contribution in [3.63, 3.8) is 0 Å². The van der Waals surface area contributed by atoms with Crippen LogP contribution in [0.5, 0.6) is 5.75 Å². The molecule has 1 saturated heterocycles. The summed E-state index contributed by atoms with van der Waals surface area (Å²) in [7, 11) is 0. The van der Waals surface area contributed by atoms with Crippen LogP contribution in [0.3, 0.4) is 0 Å². The first-order valence-corrected chi connectivity index (χ1v) is 7.81. The highest BCUT2D eigenvalue weighted by Gasteiger charge is 2.19. The minimum absolute atomic E-state index is 0.205. The Morgan fingerprint density at radius 3 is 2.57 bits per heavy atom. The quantitative estimate of drug-likeness (QED) is 0.834. The van der Waals surface area contributed by atoms with Crippen molar-refractivity contribution in [2.24, 2.45) is 0 Å². The summed E-state index contributed by atoms with van der Waals surface area (Å²) in [5.74, 6) is 1.09. The Labute approximate surface area is 127 Å². The molecule has 1 amide bonds. The highest BCUT2D eigenvalue weighted by molar-refractivity contribution is 5.76. The molecule has 0 bridgehead atoms. The van der Waals surface area contributed by atoms with E-state index < -0.39 is 0 Å². The summed E-state index contributed by atoms with van der Waals surface area (Å²) in [6.07, 6.45) is 0.458. The second-order valence-electron chi connectivity index (χ2n) is 5.61. The van der Waals surface area contributed by atoms with E-state index in [1.807, 2.05) is 17.0 Å². The number of aryl methyl sites for hydroxylation is 1. The predicted octanol–water partition coefficient (Wildman–Crippen LogP) is 2.24. The summed E-state index contributed by atoms with van der Waals surface area (Å²) < 4.78 is 5.76. The lowest BCUT2D eigenvalue weighted by Crippen LogP contribution is -2.48. The molecule has 0 saturated carbocycles. The maximum Gasteiger partial charge on any atom is 0.226 e. The monoisotopic (exact) mass is 290 g/mol. The van der Waals surface area contributed by atoms with E-state index in [1.165, 1.54) is 5.56 Å². The average molecular weight is 290 g/mol. The van der Waals surface area contributed by atoms with Gasteiger partial charge in [0.05, 0.1) is 13.0 Å². The Bertz CT molecular complexity index is 480. The van der Waals surface area contributed by atoms with Gasteiger partial charge in [0, 0.05) is 26.2 Å². The van der Waals surface area contributed by atoms with Crippen LogP contribution >= 0.6 is 0 Å². The lowest BCUT2D eigenvalue weighted by Gasteiger charge is -2.34. The number of piperazine rings is 1. The van der Waals surface area contributed by atoms with Gasteiger partial charge in [0.2, 0.25) is 5.91 Å². The van der Waals surface area contributed by atoms with Crippen molar-refractivity contribution in [3.8, 4) is 5.75 Å². The van der Waals surface area contributed by atoms with Gasteiger partial charge in [-0.15, -0.1) is 0 Å². The molecule has 0 unspecified atom stereocenters. The number of carbonyl (C=O) groups excluding carboxylic acids is 1. The van der Waals surface area contributed by atoms with Crippen LogP contribution in [0, 0.1) is 13.8 Å². The maximum atomic E-state index is 12.2. The normalized spacial score (nSPS) is 16.0. The van der Waals surface area contributed by atoms with Crippen molar-refractivity contribution in [1.82, 2.24) is 9.80 Å². The summed E-state index contributed by atoms with van der Waals surface area (Å²) in [4.78, 5) is 16.5. The summed E-state index contributed by atoms with van der Waals surface area (Å²) >= 11 is 0. The first-order valence-electron chi connectivity index (χ1n) is 7.81. The predicted molar refractivity (Wildman–Crippen MR) is 84.7 cm³/mol. The number of ether oxygens (including phenoxy) is 1. The van der Waals surface area contributed by atoms with Gasteiger partial charge >= 0.3 is 0 Å². The van der Waals surface area contributed by atoms with Crippen LogP contribution in [-0.4, -0.2) is 55.0 Å². The van der Waals surface area contributed by atoms with Crippen LogP contribution in [0.15, 0.2) is 18.2 Å². The minimum atomic E-state index is 0.205. The summed E-state index contributed by atoms with van der Waals surface area (Å²) in [6.45, 7) is 11.5. The Morgan fingerprint density at radius 1 is 1.19 bits per heavy atom. The second-order valence-corrected chi connectivity index (χ2v) is 5.61. The number of amides is 1. The third kappa shape index (κ3) is 4.21. The molecule has 0 aliphatic carbocycles. The van der Waals surface area contributed by atoms with Crippen molar-refractivity contribution in [3.05, 3.63) is 29.3 Å². The largest absolute Gasteiger partial charge is 0.493 e. The molecular weight excluding hydrogens is 264 g/mol. The van der Waals surface area contributed by atoms with Gasteiger partial charge in [0.25, 0.3) is 0 Å². The molecule has 0 spiro atoms. The van der Waals surface area contributed by atoms with E-state index in [0.717, 1.165) is 44.0 Å². The number of benzene rings is 1. The molecule has 0 N–H and O–H groups in total. The average Bonchev–Trinajstić information content (AvgIpc) is 2.51. The van der Waals surface area contributed by atoms with E-state index in [-0.39, 0.29) is 5.91 Å². The van der Waals surface area contributed by atoms with Gasteiger partial charge in [0.15, 0.2) is 0 Å². The first kappa shape index (κ1) is 15.8. The molecule has 1 aliphatic heterocycles. The molecule has 1 aliphatic rings. The minimum Gasteiger partial charge on any atom is -0.493 e. The van der Waals surface area contributed by atoms with Crippen LogP contribution in [0.25, 0.3) is 0 Å². The number of hydrogen-bond donors (Lipinski definition) is 0. The summed E-state index contributed by atoms with van der Waals surface area (Å²) in [5.41, 5.74) is 2.37. The fraction of sp³-hybridized carbons (Fsp3) is 0.588. The topological polar surface area (TPSA) is 32.8 Å². The van der Waals surface area contributed by atoms with E-state index in [4.69, 9.17) is 4.74 Å². The Balaban J connectivity index is 1.76. The van der Waals surface area contributed by atoms with Crippen LogP contribution in [0.2, 0.25) is 0 Å². The van der Waals surface area contributed by atoms with Crippen LogP contribution in [0.4, 0.5) is 0 Å². The van der Waals surface area contributed by atoms with Gasteiger partial charge in [-0.2, -0.15) is 0 Å². The van der Waals surface area contributed by atoms with Gasteiger partial charge in [-0.1, -0.05) is 19.1 Å². The van der Waals surface area contributed by atoms with Gasteiger partial charge < -0.3 is 14.5 Å². The van der Waals surface area contributed by atoms with Crippen molar-refractivity contribution < 1.29 is 9.53 Å². The van der Waals surface area contributed by atoms with Crippen LogP contribution in [-0.2, 0) is 4.79 Å². The zero-order chi connectivity index (χ0) is 15.2. The smallest absolute Gasteiger partial charge is 0.226 e. The third-order valence-electron chi connectivity index (χ3n) is 4.30. The number of likely N-dealkylation sites (N-methyl/N-ethyl adjacent to an activating group) is 1. The highest BCUT2D eigenvalue weighted by atomic mass is 16.5. The van der Waals surface area contributed by atoms with Crippen LogP contribution in [0.1, 0.15) is 24.5 Å². The van der Waals surface area contributed by atoms with E-state index in [1.54, 1.807) is 0 Å². The van der Waals surface area contributed by atoms with E-state index in [0.29, 0.717) is 13.0 Å². The Morgan fingerprint density at radius 2 is 1.90 bits per heavy atom. The lowest BCUT2D eigenvalue weighted by atomic mass is 10.1. The molecule has 0 radical (unpaired) electrons. The molecule has 1 aromatic rings. The third-order valence-corrected chi connectivity index (χ3v) is 4.30. The van der Waals surface area contributed by atoms with E-state index in [2.05, 4.69) is 31.7 Å². The molecule has 116 valence electrons. The summed E-state index contributed by atoms with van der Waals surface area (Å²) in [5, 5.41) is 0. The van der Waals surface area contributed by atoms with Gasteiger partial charge in [-0.25, -0.2) is 0 Å². The SMILES string of the molecule is CCN1CCN(C(=O)CCOc2cccc(C)c2C)CC1. The number of hydrogen-bond acceptors (Lipinski definition) is 3. The molecule has 1 aromatic carbocycles. The Hall–Kier alpha value is -1.55. The van der Waals surface area contributed by atoms with Crippen molar-refractivity contribution in [2.45, 2.75) is 27.2 Å². The molecule has 0 atom stereocenters. The van der Waals surface area contributed by atoms with Crippen molar-refractivity contribution in [1.29, 1.82) is 0 Å². The van der Waals surface area contributed by atoms with Crippen molar-refractivity contribution >= 4 is 5.91 Å². The van der Waals surface area contributed by atoms with Gasteiger partial charge in [-0.05, 0) is 37.6 Å². The molecule has 1 heterocycles. The fourth-order valence-corrected chi connectivity index (χ4v) is 2.60. The number of rotatable bonds is 5. The van der Waals surface area contributed by atoms with Gasteiger partial charge in [-0.3, -0.25) is 4.79 Å². The standard InChI is InChI=1S/C17H26N2O2/c1-4-18-9-11-19(12-10-18)17(20)8-13-21-16-7-5-6-14(2)15(16)3/h5-7H,4,8-13H2,1-3H3. The molecule has 21 heavy (non-hydrogen) atoms. The zero-order valence-electron chi connectivity index (χ0n) is 13.4. The molecule has 4 nitrogen and oxygen atoms in total. The molecular formula is C17H26N2O2. The van der Waals surface area contributed by atoms with Gasteiger partial charge in [0.1, 0.15) is 5.75 Å². The molecule has 4 heteroatoms. The molecule has 2 rings (SSSR count). The fourth-order valence-electron chi connectivity index (χ4n) is 2.60. The lowest BCUT2D eigenvalue weighted by molar-refractivity contribution is -0.133. The van der Waals surface area contributed by atoms with E-state index in [9.17, 15) is 4.79 Å². The number of nitrogens with zero attached hydrogens (tertiary/aromatic N) is 2. The number of carbonyl (C=O) groups is 1. The highest BCUT2D eigenvalue weighted by Crippen LogP contribution is 2.20. The summed E-state index contributed by atoms with van der Waals surface area (Å²) in [6, 6.07) is 6.02. The van der Waals surface area contributed by atoms with E-state index >= 15 is 0 Å². The second kappa shape index (κ2) is 7.46. The Kier molecular flexibility index (Phi) is 5.62. The van der Waals surface area contributed by atoms with Crippen molar-refractivity contribution in [2.75, 3.05) is 39.3 Å². The molecule has 0 aromatic heterocycles. The first-order chi connectivity index (χ1) is 10.1. The molecule has 1 fully saturated rings.